The molecule has 0 spiro atoms. The molecule has 0 bridgehead atoms. The Morgan fingerprint density at radius 1 is 1.11 bits per heavy atom. The van der Waals surface area contributed by atoms with E-state index in [4.69, 9.17) is 0 Å². The van der Waals surface area contributed by atoms with E-state index in [9.17, 15) is 9.59 Å². The van der Waals surface area contributed by atoms with Crippen LogP contribution in [0.15, 0.2) is 30.3 Å². The molecule has 0 saturated carbocycles. The van der Waals surface area contributed by atoms with Crippen molar-refractivity contribution in [2.45, 2.75) is 6.42 Å². The molecule has 0 atom stereocenters. The summed E-state index contributed by atoms with van der Waals surface area (Å²) in [5, 5.41) is 0. The summed E-state index contributed by atoms with van der Waals surface area (Å²) in [6.45, 7) is 1.53. The van der Waals surface area contributed by atoms with Crippen LogP contribution in [0.3, 0.4) is 0 Å². The third-order valence-corrected chi connectivity index (χ3v) is 2.77. The normalized spacial score (nSPS) is 10.3. The molecular weight excluding hydrogens is 242 g/mol. The van der Waals surface area contributed by atoms with Crippen molar-refractivity contribution in [2.24, 2.45) is 0 Å². The smallest absolute Gasteiger partial charge is 0.327 e. The number of urea groups is 1. The minimum absolute atomic E-state index is 0.306. The van der Waals surface area contributed by atoms with E-state index < -0.39 is 0 Å². The number of rotatable bonds is 6. The number of para-hydroxylation sites is 1. The van der Waals surface area contributed by atoms with E-state index in [-0.39, 0.29) is 6.03 Å². The Balaban J connectivity index is 2.61. The van der Waals surface area contributed by atoms with Gasteiger partial charge in [0.15, 0.2) is 0 Å². The molecule has 3 amide bonds. The molecule has 0 N–H and O–H groups in total. The molecule has 19 heavy (non-hydrogen) atoms. The van der Waals surface area contributed by atoms with E-state index >= 15 is 0 Å². The molecule has 0 fully saturated rings. The number of nitrogens with zero attached hydrogens (tertiary/aromatic N) is 3. The van der Waals surface area contributed by atoms with Gasteiger partial charge in [-0.3, -0.25) is 4.79 Å². The SMILES string of the molecule is CN(C)CCCN(C)C(=O)N(C=O)c1ccccc1. The highest BCUT2D eigenvalue weighted by Gasteiger charge is 2.18. The number of hydrogen-bond donors (Lipinski definition) is 0. The second-order valence-electron chi connectivity index (χ2n) is 4.67. The monoisotopic (exact) mass is 263 g/mol. The molecule has 1 rings (SSSR count). The molecule has 0 unspecified atom stereocenters. The highest BCUT2D eigenvalue weighted by Crippen LogP contribution is 2.13. The van der Waals surface area contributed by atoms with Crippen LogP contribution in [0.1, 0.15) is 6.42 Å². The summed E-state index contributed by atoms with van der Waals surface area (Å²) < 4.78 is 0. The molecule has 0 radical (unpaired) electrons. The Hall–Kier alpha value is -1.88. The van der Waals surface area contributed by atoms with Crippen LogP contribution in [0.2, 0.25) is 0 Å². The van der Waals surface area contributed by atoms with Gasteiger partial charge < -0.3 is 9.80 Å². The molecule has 104 valence electrons. The van der Waals surface area contributed by atoms with E-state index in [2.05, 4.69) is 4.90 Å². The average Bonchev–Trinajstić information content (AvgIpc) is 2.40. The maximum Gasteiger partial charge on any atom is 0.330 e. The van der Waals surface area contributed by atoms with Crippen LogP contribution in [0.25, 0.3) is 0 Å². The number of benzene rings is 1. The Morgan fingerprint density at radius 3 is 2.26 bits per heavy atom. The van der Waals surface area contributed by atoms with Gasteiger partial charge in [0.1, 0.15) is 0 Å². The number of hydrogen-bond acceptors (Lipinski definition) is 3. The molecule has 0 aromatic heterocycles. The van der Waals surface area contributed by atoms with Crippen molar-refractivity contribution in [3.63, 3.8) is 0 Å². The summed E-state index contributed by atoms with van der Waals surface area (Å²) in [5.41, 5.74) is 0.585. The summed E-state index contributed by atoms with van der Waals surface area (Å²) in [7, 11) is 5.68. The molecule has 0 aliphatic heterocycles. The second-order valence-corrected chi connectivity index (χ2v) is 4.67. The van der Waals surface area contributed by atoms with Crippen molar-refractivity contribution in [3.05, 3.63) is 30.3 Å². The van der Waals surface area contributed by atoms with Crippen LogP contribution in [0, 0.1) is 0 Å². The predicted molar refractivity (Wildman–Crippen MR) is 76.2 cm³/mol. The summed E-state index contributed by atoms with van der Waals surface area (Å²) in [6.07, 6.45) is 1.43. The standard InChI is InChI=1S/C14H21N3O2/c1-15(2)10-7-11-16(3)14(19)17(12-18)13-8-5-4-6-9-13/h4-6,8-9,12H,7,10-11H2,1-3H3. The minimum Gasteiger partial charge on any atom is -0.327 e. The second kappa shape index (κ2) is 7.53. The van der Waals surface area contributed by atoms with Crippen LogP contribution in [0.5, 0.6) is 0 Å². The zero-order valence-corrected chi connectivity index (χ0v) is 11.7. The summed E-state index contributed by atoms with van der Waals surface area (Å²) >= 11 is 0. The first-order chi connectivity index (χ1) is 9.06. The van der Waals surface area contributed by atoms with E-state index in [0.717, 1.165) is 17.9 Å². The number of carbonyl (C=O) groups excluding carboxylic acids is 2. The highest BCUT2D eigenvalue weighted by molar-refractivity contribution is 6.05. The van der Waals surface area contributed by atoms with Gasteiger partial charge in [-0.15, -0.1) is 0 Å². The highest BCUT2D eigenvalue weighted by atomic mass is 16.2. The number of carbonyl (C=O) groups is 2. The first kappa shape index (κ1) is 15.2. The Morgan fingerprint density at radius 2 is 1.74 bits per heavy atom. The molecule has 0 saturated heterocycles. The van der Waals surface area contributed by atoms with Crippen molar-refractivity contribution in [1.82, 2.24) is 9.80 Å². The van der Waals surface area contributed by atoms with E-state index in [0.29, 0.717) is 18.6 Å². The zero-order valence-electron chi connectivity index (χ0n) is 11.7. The van der Waals surface area contributed by atoms with Gasteiger partial charge >= 0.3 is 6.03 Å². The van der Waals surface area contributed by atoms with E-state index in [1.54, 1.807) is 36.2 Å². The van der Waals surface area contributed by atoms with Crippen molar-refractivity contribution in [2.75, 3.05) is 39.1 Å². The third-order valence-electron chi connectivity index (χ3n) is 2.77. The predicted octanol–water partition coefficient (Wildman–Crippen LogP) is 1.65. The van der Waals surface area contributed by atoms with Crippen molar-refractivity contribution in [3.8, 4) is 0 Å². The summed E-state index contributed by atoms with van der Waals surface area (Å²) in [5.74, 6) is 0. The number of imide groups is 1. The molecule has 5 nitrogen and oxygen atoms in total. The lowest BCUT2D eigenvalue weighted by molar-refractivity contribution is -0.107. The van der Waals surface area contributed by atoms with Crippen molar-refractivity contribution < 1.29 is 9.59 Å². The van der Waals surface area contributed by atoms with Crippen LogP contribution >= 0.6 is 0 Å². The lowest BCUT2D eigenvalue weighted by Gasteiger charge is -2.24. The Bertz CT molecular complexity index is 406. The van der Waals surface area contributed by atoms with Gasteiger partial charge in [-0.2, -0.15) is 0 Å². The quantitative estimate of drug-likeness (QED) is 0.733. The fourth-order valence-electron chi connectivity index (χ4n) is 1.71. The average molecular weight is 263 g/mol. The fraction of sp³-hybridized carbons (Fsp3) is 0.429. The first-order valence-corrected chi connectivity index (χ1v) is 6.25. The van der Waals surface area contributed by atoms with Gasteiger partial charge in [0.05, 0.1) is 5.69 Å². The summed E-state index contributed by atoms with van der Waals surface area (Å²) in [6, 6.07) is 8.61. The van der Waals surface area contributed by atoms with Gasteiger partial charge in [-0.25, -0.2) is 9.69 Å². The topological polar surface area (TPSA) is 43.9 Å². The Kier molecular flexibility index (Phi) is 6.02. The molecular formula is C14H21N3O2. The van der Waals surface area contributed by atoms with Crippen molar-refractivity contribution >= 4 is 18.1 Å². The van der Waals surface area contributed by atoms with E-state index in [1.165, 1.54) is 0 Å². The number of amides is 3. The maximum atomic E-state index is 12.2. The maximum absolute atomic E-state index is 12.2. The van der Waals surface area contributed by atoms with Gasteiger partial charge in [0.25, 0.3) is 0 Å². The lowest BCUT2D eigenvalue weighted by atomic mass is 10.3. The van der Waals surface area contributed by atoms with Crippen molar-refractivity contribution in [1.29, 1.82) is 0 Å². The Labute approximate surface area is 114 Å². The molecule has 1 aromatic carbocycles. The lowest BCUT2D eigenvalue weighted by Crippen LogP contribution is -2.41. The van der Waals surface area contributed by atoms with Crippen LogP contribution in [-0.2, 0) is 4.79 Å². The third kappa shape index (κ3) is 4.71. The molecule has 5 heteroatoms. The molecule has 0 aliphatic rings. The minimum atomic E-state index is -0.306. The zero-order chi connectivity index (χ0) is 14.3. The molecule has 1 aromatic rings. The van der Waals surface area contributed by atoms with Crippen LogP contribution < -0.4 is 4.90 Å². The van der Waals surface area contributed by atoms with Gasteiger partial charge in [-0.1, -0.05) is 18.2 Å². The van der Waals surface area contributed by atoms with Crippen LogP contribution in [-0.4, -0.2) is 56.5 Å². The fourth-order valence-corrected chi connectivity index (χ4v) is 1.71. The van der Waals surface area contributed by atoms with Gasteiger partial charge in [0, 0.05) is 13.6 Å². The number of anilines is 1. The van der Waals surface area contributed by atoms with Crippen LogP contribution in [0.4, 0.5) is 10.5 Å². The van der Waals surface area contributed by atoms with Gasteiger partial charge in [0.2, 0.25) is 6.41 Å². The molecule has 0 aliphatic carbocycles. The van der Waals surface area contributed by atoms with E-state index in [1.807, 2.05) is 20.2 Å². The first-order valence-electron chi connectivity index (χ1n) is 6.25. The van der Waals surface area contributed by atoms with Gasteiger partial charge in [-0.05, 0) is 39.2 Å². The molecule has 0 heterocycles. The summed E-state index contributed by atoms with van der Waals surface area (Å²) in [4.78, 5) is 28.0. The largest absolute Gasteiger partial charge is 0.330 e.